The molecule has 2 aromatic rings. The van der Waals surface area contributed by atoms with Gasteiger partial charge in [0.05, 0.1) is 5.56 Å². The molecule has 6 heteroatoms. The van der Waals surface area contributed by atoms with Gasteiger partial charge in [-0.15, -0.1) is 0 Å². The lowest BCUT2D eigenvalue weighted by atomic mass is 9.99. The maximum absolute atomic E-state index is 13.7. The third-order valence-electron chi connectivity index (χ3n) is 3.93. The highest BCUT2D eigenvalue weighted by Crippen LogP contribution is 2.24. The van der Waals surface area contributed by atoms with Crippen molar-refractivity contribution in [2.75, 3.05) is 19.7 Å². The number of aliphatic hydroxyl groups is 1. The average molecular weight is 304 g/mol. The number of amides is 1. The maximum Gasteiger partial charge on any atom is 0.276 e. The number of aliphatic hydroxyl groups excluding tert-OH is 1. The first-order valence-corrected chi connectivity index (χ1v) is 7.31. The number of piperidine rings is 1. The third kappa shape index (κ3) is 2.87. The highest BCUT2D eigenvalue weighted by molar-refractivity contribution is 5.93. The lowest BCUT2D eigenvalue weighted by Crippen LogP contribution is -2.41. The molecule has 1 aliphatic rings. The highest BCUT2D eigenvalue weighted by Gasteiger charge is 2.26. The van der Waals surface area contributed by atoms with Crippen molar-refractivity contribution < 1.29 is 18.8 Å². The minimum Gasteiger partial charge on any atom is -0.396 e. The molecule has 1 N–H and O–H groups in total. The summed E-state index contributed by atoms with van der Waals surface area (Å²) in [6, 6.07) is 7.65. The number of rotatable bonds is 3. The minimum atomic E-state index is -0.420. The van der Waals surface area contributed by atoms with Crippen LogP contribution in [0, 0.1) is 11.7 Å². The van der Waals surface area contributed by atoms with Crippen LogP contribution in [0.25, 0.3) is 11.3 Å². The molecule has 0 spiro atoms. The van der Waals surface area contributed by atoms with Gasteiger partial charge in [0.2, 0.25) is 0 Å². The quantitative estimate of drug-likeness (QED) is 0.945. The van der Waals surface area contributed by atoms with Gasteiger partial charge in [0.25, 0.3) is 5.91 Å². The van der Waals surface area contributed by atoms with Gasteiger partial charge < -0.3 is 14.5 Å². The van der Waals surface area contributed by atoms with Crippen molar-refractivity contribution in [1.82, 2.24) is 10.1 Å². The molecule has 1 fully saturated rings. The summed E-state index contributed by atoms with van der Waals surface area (Å²) in [6.07, 6.45) is 1.77. The Balaban J connectivity index is 1.79. The van der Waals surface area contributed by atoms with Gasteiger partial charge in [-0.3, -0.25) is 4.79 Å². The molecular weight excluding hydrogens is 287 g/mol. The SMILES string of the molecule is O=C(c1cc(-c2ccccc2F)on1)N1CCCC(CO)C1. The van der Waals surface area contributed by atoms with Crippen LogP contribution < -0.4 is 0 Å². The lowest BCUT2D eigenvalue weighted by Gasteiger charge is -2.31. The van der Waals surface area contributed by atoms with Gasteiger partial charge >= 0.3 is 0 Å². The van der Waals surface area contributed by atoms with Crippen LogP contribution in [0.2, 0.25) is 0 Å². The molecule has 2 heterocycles. The molecule has 1 unspecified atom stereocenters. The van der Waals surface area contributed by atoms with Gasteiger partial charge in [0, 0.05) is 25.8 Å². The van der Waals surface area contributed by atoms with E-state index in [1.54, 1.807) is 23.1 Å². The summed E-state index contributed by atoms with van der Waals surface area (Å²) in [6.45, 7) is 1.22. The second-order valence-electron chi connectivity index (χ2n) is 5.50. The predicted molar refractivity (Wildman–Crippen MR) is 77.6 cm³/mol. The Morgan fingerprint density at radius 2 is 2.27 bits per heavy atom. The van der Waals surface area contributed by atoms with E-state index in [2.05, 4.69) is 5.16 Å². The molecule has 1 atom stereocenters. The van der Waals surface area contributed by atoms with Crippen LogP contribution >= 0.6 is 0 Å². The predicted octanol–water partition coefficient (Wildman–Crippen LogP) is 2.33. The van der Waals surface area contributed by atoms with Gasteiger partial charge in [-0.1, -0.05) is 17.3 Å². The van der Waals surface area contributed by atoms with E-state index in [1.807, 2.05) is 0 Å². The number of aromatic nitrogens is 1. The number of carbonyl (C=O) groups excluding carboxylic acids is 1. The first-order chi connectivity index (χ1) is 10.7. The minimum absolute atomic E-state index is 0.0725. The molecule has 3 rings (SSSR count). The molecule has 0 aliphatic carbocycles. The average Bonchev–Trinajstić information content (AvgIpc) is 3.04. The fourth-order valence-corrected chi connectivity index (χ4v) is 2.72. The summed E-state index contributed by atoms with van der Waals surface area (Å²) in [4.78, 5) is 14.1. The Kier molecular flexibility index (Phi) is 4.20. The molecule has 1 aromatic heterocycles. The van der Waals surface area contributed by atoms with Crippen molar-refractivity contribution >= 4 is 5.91 Å². The molecule has 116 valence electrons. The van der Waals surface area contributed by atoms with Crippen molar-refractivity contribution in [2.45, 2.75) is 12.8 Å². The summed E-state index contributed by atoms with van der Waals surface area (Å²) in [7, 11) is 0. The van der Waals surface area contributed by atoms with E-state index < -0.39 is 5.82 Å². The van der Waals surface area contributed by atoms with Crippen LogP contribution in [0.15, 0.2) is 34.9 Å². The number of halogens is 1. The lowest BCUT2D eigenvalue weighted by molar-refractivity contribution is 0.0611. The van der Waals surface area contributed by atoms with E-state index in [0.717, 1.165) is 12.8 Å². The number of hydrogen-bond donors (Lipinski definition) is 1. The molecule has 0 bridgehead atoms. The number of likely N-dealkylation sites (tertiary alicyclic amines) is 1. The number of benzene rings is 1. The zero-order valence-electron chi connectivity index (χ0n) is 12.0. The summed E-state index contributed by atoms with van der Waals surface area (Å²) < 4.78 is 18.8. The zero-order valence-corrected chi connectivity index (χ0v) is 12.0. The van der Waals surface area contributed by atoms with Crippen LogP contribution in [0.1, 0.15) is 23.3 Å². The largest absolute Gasteiger partial charge is 0.396 e. The van der Waals surface area contributed by atoms with Gasteiger partial charge in [-0.05, 0) is 30.9 Å². The van der Waals surface area contributed by atoms with E-state index in [4.69, 9.17) is 4.52 Å². The molecule has 1 aliphatic heterocycles. The zero-order chi connectivity index (χ0) is 15.5. The number of hydrogen-bond acceptors (Lipinski definition) is 4. The highest BCUT2D eigenvalue weighted by atomic mass is 19.1. The Morgan fingerprint density at radius 3 is 3.05 bits per heavy atom. The number of nitrogens with zero attached hydrogens (tertiary/aromatic N) is 2. The molecule has 1 amide bonds. The topological polar surface area (TPSA) is 66.6 Å². The Bertz CT molecular complexity index is 671. The second-order valence-corrected chi connectivity index (χ2v) is 5.50. The normalized spacial score (nSPS) is 18.5. The van der Waals surface area contributed by atoms with Gasteiger partial charge in [-0.2, -0.15) is 0 Å². The van der Waals surface area contributed by atoms with Gasteiger partial charge in [-0.25, -0.2) is 4.39 Å². The van der Waals surface area contributed by atoms with Gasteiger partial charge in [0.15, 0.2) is 11.5 Å². The fourth-order valence-electron chi connectivity index (χ4n) is 2.72. The first-order valence-electron chi connectivity index (χ1n) is 7.31. The first kappa shape index (κ1) is 14.7. The maximum atomic E-state index is 13.7. The molecule has 1 aromatic carbocycles. The van der Waals surface area contributed by atoms with Crippen LogP contribution in [-0.2, 0) is 0 Å². The van der Waals surface area contributed by atoms with Gasteiger partial charge in [0.1, 0.15) is 5.82 Å². The Hall–Kier alpha value is -2.21. The molecule has 0 saturated carbocycles. The van der Waals surface area contributed by atoms with E-state index in [1.165, 1.54) is 12.1 Å². The Labute approximate surface area is 127 Å². The van der Waals surface area contributed by atoms with Crippen LogP contribution in [0.5, 0.6) is 0 Å². The number of carbonyl (C=O) groups is 1. The third-order valence-corrected chi connectivity index (χ3v) is 3.93. The van der Waals surface area contributed by atoms with Crippen molar-refractivity contribution in [3.05, 3.63) is 41.8 Å². The molecule has 1 saturated heterocycles. The molecule has 22 heavy (non-hydrogen) atoms. The van der Waals surface area contributed by atoms with Crippen LogP contribution in [0.4, 0.5) is 4.39 Å². The van der Waals surface area contributed by atoms with Crippen molar-refractivity contribution in [1.29, 1.82) is 0 Å². The van der Waals surface area contributed by atoms with E-state index in [-0.39, 0.29) is 35.4 Å². The van der Waals surface area contributed by atoms with Crippen molar-refractivity contribution in [3.63, 3.8) is 0 Å². The summed E-state index contributed by atoms with van der Waals surface area (Å²) in [5.41, 5.74) is 0.442. The standard InChI is InChI=1S/C16H17FN2O3/c17-13-6-2-1-5-12(13)15-8-14(18-22-15)16(21)19-7-3-4-11(9-19)10-20/h1-2,5-6,8,11,20H,3-4,7,9-10H2. The molecule has 5 nitrogen and oxygen atoms in total. The fraction of sp³-hybridized carbons (Fsp3) is 0.375. The monoisotopic (exact) mass is 304 g/mol. The molecule has 0 radical (unpaired) electrons. The summed E-state index contributed by atoms with van der Waals surface area (Å²) >= 11 is 0. The van der Waals surface area contributed by atoms with Crippen molar-refractivity contribution in [3.8, 4) is 11.3 Å². The second kappa shape index (κ2) is 6.27. The van der Waals surface area contributed by atoms with E-state index in [9.17, 15) is 14.3 Å². The van der Waals surface area contributed by atoms with Crippen LogP contribution in [-0.4, -0.2) is 40.8 Å². The van der Waals surface area contributed by atoms with Crippen LogP contribution in [0.3, 0.4) is 0 Å². The van der Waals surface area contributed by atoms with Crippen molar-refractivity contribution in [2.24, 2.45) is 5.92 Å². The smallest absolute Gasteiger partial charge is 0.276 e. The summed E-state index contributed by atoms with van der Waals surface area (Å²) in [5, 5.41) is 13.0. The van der Waals surface area contributed by atoms with E-state index in [0.29, 0.717) is 13.1 Å². The molecular formula is C16H17FN2O3. The van der Waals surface area contributed by atoms with E-state index >= 15 is 0 Å². The summed E-state index contributed by atoms with van der Waals surface area (Å²) in [5.74, 6) is -0.326. The Morgan fingerprint density at radius 1 is 1.45 bits per heavy atom.